The van der Waals surface area contributed by atoms with Crippen LogP contribution >= 0.6 is 11.3 Å². The molecule has 0 spiro atoms. The summed E-state index contributed by atoms with van der Waals surface area (Å²) in [4.78, 5) is 17.0. The third-order valence-corrected chi connectivity index (χ3v) is 3.59. The number of methoxy groups -OCH3 is 1. The van der Waals surface area contributed by atoms with E-state index < -0.39 is 0 Å². The molecule has 0 saturated carbocycles. The Bertz CT molecular complexity index is 680. The summed E-state index contributed by atoms with van der Waals surface area (Å²) in [7, 11) is 1.59. The second-order valence-electron chi connectivity index (χ2n) is 4.44. The van der Waals surface area contributed by atoms with E-state index in [0.717, 1.165) is 10.4 Å². The number of benzene rings is 1. The Morgan fingerprint density at radius 2 is 2.23 bits per heavy atom. The van der Waals surface area contributed by atoms with Crippen LogP contribution in [0.2, 0.25) is 0 Å². The molecule has 0 aliphatic heterocycles. The van der Waals surface area contributed by atoms with Crippen molar-refractivity contribution in [2.45, 2.75) is 13.8 Å². The van der Waals surface area contributed by atoms with Crippen LogP contribution in [0.15, 0.2) is 30.5 Å². The van der Waals surface area contributed by atoms with Gasteiger partial charge < -0.3 is 9.47 Å². The second kappa shape index (κ2) is 7.61. The standard InChI is InChI=1S/C16H18N2O3S/c1-4-21-13-7-5-12(9-14(13)20-3)6-8-15(19)18-16-17-10-11(2)22-16/h5-10H,4H2,1-3H3,(H,17,18,19). The lowest BCUT2D eigenvalue weighted by Gasteiger charge is -2.09. The molecule has 1 aromatic heterocycles. The second-order valence-corrected chi connectivity index (χ2v) is 5.68. The van der Waals surface area contributed by atoms with Gasteiger partial charge in [-0.05, 0) is 37.6 Å². The lowest BCUT2D eigenvalue weighted by molar-refractivity contribution is -0.111. The van der Waals surface area contributed by atoms with Crippen LogP contribution < -0.4 is 14.8 Å². The van der Waals surface area contributed by atoms with Gasteiger partial charge in [-0.2, -0.15) is 0 Å². The van der Waals surface area contributed by atoms with Crippen molar-refractivity contribution in [2.24, 2.45) is 0 Å². The van der Waals surface area contributed by atoms with Crippen LogP contribution in [0, 0.1) is 6.92 Å². The summed E-state index contributed by atoms with van der Waals surface area (Å²) < 4.78 is 10.7. The van der Waals surface area contributed by atoms with Crippen molar-refractivity contribution in [3.05, 3.63) is 40.9 Å². The normalized spacial score (nSPS) is 10.7. The van der Waals surface area contributed by atoms with Crippen LogP contribution in [0.25, 0.3) is 6.08 Å². The van der Waals surface area contributed by atoms with Gasteiger partial charge in [0.2, 0.25) is 5.91 Å². The highest BCUT2D eigenvalue weighted by molar-refractivity contribution is 7.15. The predicted molar refractivity (Wildman–Crippen MR) is 88.7 cm³/mol. The number of carbonyl (C=O) groups is 1. The van der Waals surface area contributed by atoms with Gasteiger partial charge in [0.05, 0.1) is 13.7 Å². The Balaban J connectivity index is 2.04. The van der Waals surface area contributed by atoms with E-state index in [1.54, 1.807) is 19.4 Å². The summed E-state index contributed by atoms with van der Waals surface area (Å²) in [5.74, 6) is 1.10. The summed E-state index contributed by atoms with van der Waals surface area (Å²) in [6.45, 7) is 4.43. The maximum atomic E-state index is 11.8. The van der Waals surface area contributed by atoms with Gasteiger partial charge in [-0.1, -0.05) is 6.07 Å². The van der Waals surface area contributed by atoms with Gasteiger partial charge in [0.15, 0.2) is 16.6 Å². The first kappa shape index (κ1) is 16.0. The SMILES string of the molecule is CCOc1ccc(C=CC(=O)Nc2ncc(C)s2)cc1OC. The minimum atomic E-state index is -0.220. The van der Waals surface area contributed by atoms with Crippen LogP contribution in [0.5, 0.6) is 11.5 Å². The fourth-order valence-corrected chi connectivity index (χ4v) is 2.46. The summed E-state index contributed by atoms with van der Waals surface area (Å²) in [5.41, 5.74) is 0.853. The van der Waals surface area contributed by atoms with Crippen LogP contribution in [0.4, 0.5) is 5.13 Å². The number of hydrogen-bond donors (Lipinski definition) is 1. The number of nitrogens with zero attached hydrogens (tertiary/aromatic N) is 1. The van der Waals surface area contributed by atoms with E-state index in [2.05, 4.69) is 10.3 Å². The highest BCUT2D eigenvalue weighted by Crippen LogP contribution is 2.28. The van der Waals surface area contributed by atoms with E-state index in [0.29, 0.717) is 23.2 Å². The molecule has 0 bridgehead atoms. The average molecular weight is 318 g/mol. The molecule has 1 N–H and O–H groups in total. The molecule has 0 fully saturated rings. The topological polar surface area (TPSA) is 60.5 Å². The number of thiazole rings is 1. The van der Waals surface area contributed by atoms with Crippen LogP contribution in [-0.2, 0) is 4.79 Å². The zero-order valence-corrected chi connectivity index (χ0v) is 13.6. The molecule has 0 saturated heterocycles. The monoisotopic (exact) mass is 318 g/mol. The van der Waals surface area contributed by atoms with Crippen molar-refractivity contribution < 1.29 is 14.3 Å². The molecule has 6 heteroatoms. The lowest BCUT2D eigenvalue weighted by atomic mass is 10.2. The first-order chi connectivity index (χ1) is 10.6. The van der Waals surface area contributed by atoms with Gasteiger partial charge in [-0.3, -0.25) is 10.1 Å². The number of anilines is 1. The van der Waals surface area contributed by atoms with E-state index >= 15 is 0 Å². The minimum absolute atomic E-state index is 0.220. The van der Waals surface area contributed by atoms with Gasteiger partial charge in [-0.25, -0.2) is 4.98 Å². The predicted octanol–water partition coefficient (Wildman–Crippen LogP) is 3.51. The molecule has 2 rings (SSSR count). The molecular formula is C16H18N2O3S. The highest BCUT2D eigenvalue weighted by atomic mass is 32.1. The zero-order valence-electron chi connectivity index (χ0n) is 12.8. The molecule has 0 aliphatic carbocycles. The van der Waals surface area contributed by atoms with E-state index in [1.165, 1.54) is 17.4 Å². The molecule has 0 radical (unpaired) electrons. The number of nitrogens with one attached hydrogen (secondary N) is 1. The van der Waals surface area contributed by atoms with Gasteiger partial charge in [0.1, 0.15) is 0 Å². The number of hydrogen-bond acceptors (Lipinski definition) is 5. The van der Waals surface area contributed by atoms with Crippen molar-refractivity contribution in [1.82, 2.24) is 4.98 Å². The van der Waals surface area contributed by atoms with Crippen molar-refractivity contribution in [1.29, 1.82) is 0 Å². The van der Waals surface area contributed by atoms with E-state index in [1.807, 2.05) is 32.0 Å². The molecule has 1 amide bonds. The van der Waals surface area contributed by atoms with E-state index in [9.17, 15) is 4.79 Å². The number of rotatable bonds is 6. The molecule has 22 heavy (non-hydrogen) atoms. The van der Waals surface area contributed by atoms with Crippen molar-refractivity contribution in [3.8, 4) is 11.5 Å². The smallest absolute Gasteiger partial charge is 0.250 e. The van der Waals surface area contributed by atoms with Gasteiger partial charge in [0, 0.05) is 17.2 Å². The minimum Gasteiger partial charge on any atom is -0.493 e. The number of aromatic nitrogens is 1. The third-order valence-electron chi connectivity index (χ3n) is 2.77. The quantitative estimate of drug-likeness (QED) is 0.828. The van der Waals surface area contributed by atoms with E-state index in [-0.39, 0.29) is 5.91 Å². The fraction of sp³-hybridized carbons (Fsp3) is 0.250. The zero-order chi connectivity index (χ0) is 15.9. The summed E-state index contributed by atoms with van der Waals surface area (Å²) in [5, 5.41) is 3.31. The number of carbonyl (C=O) groups excluding carboxylic acids is 1. The van der Waals surface area contributed by atoms with Crippen LogP contribution in [-0.4, -0.2) is 24.6 Å². The largest absolute Gasteiger partial charge is 0.493 e. The Morgan fingerprint density at radius 1 is 1.41 bits per heavy atom. The molecule has 1 aromatic carbocycles. The van der Waals surface area contributed by atoms with E-state index in [4.69, 9.17) is 9.47 Å². The Hall–Kier alpha value is -2.34. The number of amides is 1. The first-order valence-electron chi connectivity index (χ1n) is 6.84. The van der Waals surface area contributed by atoms with Crippen molar-refractivity contribution in [3.63, 3.8) is 0 Å². The highest BCUT2D eigenvalue weighted by Gasteiger charge is 2.05. The first-order valence-corrected chi connectivity index (χ1v) is 7.66. The van der Waals surface area contributed by atoms with Crippen LogP contribution in [0.1, 0.15) is 17.4 Å². The third kappa shape index (κ3) is 4.33. The summed E-state index contributed by atoms with van der Waals surface area (Å²) in [6, 6.07) is 5.51. The summed E-state index contributed by atoms with van der Waals surface area (Å²) in [6.07, 6.45) is 4.90. The molecule has 0 aliphatic rings. The molecule has 2 aromatic rings. The van der Waals surface area contributed by atoms with Crippen molar-refractivity contribution >= 4 is 28.5 Å². The maximum Gasteiger partial charge on any atom is 0.250 e. The number of aryl methyl sites for hydroxylation is 1. The van der Waals surface area contributed by atoms with Crippen molar-refractivity contribution in [2.75, 3.05) is 19.0 Å². The average Bonchev–Trinajstić information content (AvgIpc) is 2.91. The maximum absolute atomic E-state index is 11.8. The number of ether oxygens (including phenoxy) is 2. The molecule has 5 nitrogen and oxygen atoms in total. The Morgan fingerprint density at radius 3 is 2.86 bits per heavy atom. The Kier molecular flexibility index (Phi) is 5.55. The Labute approximate surface area is 133 Å². The van der Waals surface area contributed by atoms with Gasteiger partial charge >= 0.3 is 0 Å². The fourth-order valence-electron chi connectivity index (χ4n) is 1.79. The molecule has 116 valence electrons. The van der Waals surface area contributed by atoms with Crippen LogP contribution in [0.3, 0.4) is 0 Å². The molecule has 0 unspecified atom stereocenters. The van der Waals surface area contributed by atoms with Gasteiger partial charge in [-0.15, -0.1) is 11.3 Å². The molecule has 1 heterocycles. The van der Waals surface area contributed by atoms with Gasteiger partial charge in [0.25, 0.3) is 0 Å². The summed E-state index contributed by atoms with van der Waals surface area (Å²) >= 11 is 1.44. The molecule has 0 atom stereocenters. The molecular weight excluding hydrogens is 300 g/mol. The lowest BCUT2D eigenvalue weighted by Crippen LogP contribution is -2.07.